The maximum absolute atomic E-state index is 12.4. The third-order valence-electron chi connectivity index (χ3n) is 4.14. The van der Waals surface area contributed by atoms with E-state index in [1.807, 2.05) is 37.8 Å². The van der Waals surface area contributed by atoms with E-state index in [0.29, 0.717) is 13.2 Å². The Morgan fingerprint density at radius 2 is 2.20 bits per heavy atom. The molecule has 1 amide bonds. The molecule has 0 bridgehead atoms. The van der Waals surface area contributed by atoms with Crippen molar-refractivity contribution in [1.82, 2.24) is 9.88 Å². The van der Waals surface area contributed by atoms with Gasteiger partial charge >= 0.3 is 6.09 Å². The van der Waals surface area contributed by atoms with Crippen LogP contribution in [-0.4, -0.2) is 40.8 Å². The van der Waals surface area contributed by atoms with Crippen molar-refractivity contribution >= 4 is 22.0 Å². The molecule has 0 aliphatic carbocycles. The van der Waals surface area contributed by atoms with E-state index in [9.17, 15) is 4.79 Å². The minimum Gasteiger partial charge on any atom is -0.444 e. The molecule has 2 rings (SSSR count). The molecule has 6 heteroatoms. The van der Waals surface area contributed by atoms with Crippen LogP contribution in [0.25, 0.3) is 0 Å². The maximum Gasteiger partial charge on any atom is 0.410 e. The first-order chi connectivity index (χ1) is 11.8. The number of likely N-dealkylation sites (tertiary alicyclic amines) is 1. The van der Waals surface area contributed by atoms with Crippen molar-refractivity contribution in [3.63, 3.8) is 0 Å². The molecule has 0 spiro atoms. The van der Waals surface area contributed by atoms with E-state index in [2.05, 4.69) is 20.9 Å². The summed E-state index contributed by atoms with van der Waals surface area (Å²) in [5.41, 5.74) is 0.663. The summed E-state index contributed by atoms with van der Waals surface area (Å²) in [5, 5.41) is 0. The highest BCUT2D eigenvalue weighted by Crippen LogP contribution is 2.23. The largest absolute Gasteiger partial charge is 0.444 e. The van der Waals surface area contributed by atoms with Gasteiger partial charge in [-0.25, -0.2) is 9.78 Å². The lowest BCUT2D eigenvalue weighted by atomic mass is 9.98. The molecule has 1 saturated heterocycles. The summed E-state index contributed by atoms with van der Waals surface area (Å²) < 4.78 is 12.1. The van der Waals surface area contributed by atoms with E-state index >= 15 is 0 Å². The van der Waals surface area contributed by atoms with Crippen LogP contribution >= 0.6 is 15.9 Å². The van der Waals surface area contributed by atoms with E-state index in [0.717, 1.165) is 42.4 Å². The number of hydrogen-bond donors (Lipinski definition) is 0. The summed E-state index contributed by atoms with van der Waals surface area (Å²) >= 11 is 3.36. The van der Waals surface area contributed by atoms with Crippen LogP contribution in [0.2, 0.25) is 0 Å². The number of pyridine rings is 1. The molecule has 5 nitrogen and oxygen atoms in total. The number of aromatic nitrogens is 1. The predicted molar refractivity (Wildman–Crippen MR) is 101 cm³/mol. The fourth-order valence-corrected chi connectivity index (χ4v) is 3.42. The van der Waals surface area contributed by atoms with Gasteiger partial charge in [-0.2, -0.15) is 0 Å². The molecule has 0 radical (unpaired) electrons. The topological polar surface area (TPSA) is 51.7 Å². The van der Waals surface area contributed by atoms with Crippen LogP contribution in [0.1, 0.15) is 58.4 Å². The third-order valence-corrected chi connectivity index (χ3v) is 4.57. The zero-order valence-corrected chi connectivity index (χ0v) is 17.0. The van der Waals surface area contributed by atoms with Crippen LogP contribution in [0.15, 0.2) is 22.9 Å². The van der Waals surface area contributed by atoms with Gasteiger partial charge in [-0.15, -0.1) is 0 Å². The van der Waals surface area contributed by atoms with Crippen LogP contribution in [-0.2, 0) is 16.1 Å². The lowest BCUT2D eigenvalue weighted by Crippen LogP contribution is -2.46. The molecule has 1 aliphatic heterocycles. The van der Waals surface area contributed by atoms with Gasteiger partial charge in [0.1, 0.15) is 10.2 Å². The van der Waals surface area contributed by atoms with E-state index in [1.165, 1.54) is 6.42 Å². The van der Waals surface area contributed by atoms with Gasteiger partial charge in [0, 0.05) is 25.4 Å². The number of ether oxygens (including phenoxy) is 2. The molecule has 1 unspecified atom stereocenters. The van der Waals surface area contributed by atoms with Gasteiger partial charge in [-0.1, -0.05) is 0 Å². The molecule has 1 aromatic rings. The third kappa shape index (κ3) is 7.32. The van der Waals surface area contributed by atoms with Crippen molar-refractivity contribution in [3.05, 3.63) is 28.5 Å². The zero-order valence-electron chi connectivity index (χ0n) is 15.5. The van der Waals surface area contributed by atoms with E-state index in [4.69, 9.17) is 9.47 Å². The van der Waals surface area contributed by atoms with Gasteiger partial charge < -0.3 is 14.4 Å². The molecular formula is C19H29BrN2O3. The minimum absolute atomic E-state index is 0.181. The van der Waals surface area contributed by atoms with Crippen molar-refractivity contribution in [1.29, 1.82) is 0 Å². The van der Waals surface area contributed by atoms with Crippen LogP contribution in [0.4, 0.5) is 4.79 Å². The number of carbonyl (C=O) groups excluding carboxylic acids is 1. The van der Waals surface area contributed by atoms with Gasteiger partial charge in [0.25, 0.3) is 0 Å². The fraction of sp³-hybridized carbons (Fsp3) is 0.684. The lowest BCUT2D eigenvalue weighted by molar-refractivity contribution is 0.00726. The van der Waals surface area contributed by atoms with E-state index in [1.54, 1.807) is 6.20 Å². The number of halogens is 1. The Balaban J connectivity index is 1.73. The van der Waals surface area contributed by atoms with Gasteiger partial charge in [0.15, 0.2) is 0 Å². The summed E-state index contributed by atoms with van der Waals surface area (Å²) in [6, 6.07) is 4.18. The van der Waals surface area contributed by atoms with Crippen LogP contribution in [0.5, 0.6) is 0 Å². The number of rotatable bonds is 6. The molecule has 25 heavy (non-hydrogen) atoms. The number of nitrogens with zero attached hydrogens (tertiary/aromatic N) is 2. The first kappa shape index (κ1) is 20.2. The minimum atomic E-state index is -0.443. The number of amides is 1. The molecule has 1 aromatic heterocycles. The number of piperidine rings is 1. The summed E-state index contributed by atoms with van der Waals surface area (Å²) in [7, 11) is 0. The van der Waals surface area contributed by atoms with E-state index < -0.39 is 5.60 Å². The molecule has 1 atom stereocenters. The van der Waals surface area contributed by atoms with E-state index in [-0.39, 0.29) is 12.1 Å². The Bertz CT molecular complexity index is 560. The molecule has 0 saturated carbocycles. The zero-order chi connectivity index (χ0) is 18.3. The number of carbonyl (C=O) groups is 1. The SMILES string of the molecule is CC(C)(C)OC(=O)N1CCCCC1CCCOCc1ccnc(Br)c1. The van der Waals surface area contributed by atoms with Crippen molar-refractivity contribution < 1.29 is 14.3 Å². The second kappa shape index (κ2) is 9.53. The first-order valence-corrected chi connectivity index (χ1v) is 9.82. The highest BCUT2D eigenvalue weighted by Gasteiger charge is 2.29. The Kier molecular flexibility index (Phi) is 7.69. The molecular weight excluding hydrogens is 384 g/mol. The predicted octanol–water partition coefficient (Wildman–Crippen LogP) is 4.93. The summed E-state index contributed by atoms with van der Waals surface area (Å²) in [6.07, 6.45) is 6.77. The lowest BCUT2D eigenvalue weighted by Gasteiger charge is -2.36. The first-order valence-electron chi connectivity index (χ1n) is 9.03. The van der Waals surface area contributed by atoms with Crippen LogP contribution in [0, 0.1) is 0 Å². The van der Waals surface area contributed by atoms with Crippen molar-refractivity contribution in [2.24, 2.45) is 0 Å². The van der Waals surface area contributed by atoms with Crippen molar-refractivity contribution in [2.45, 2.75) is 71.1 Å². The maximum atomic E-state index is 12.4. The Morgan fingerprint density at radius 1 is 1.40 bits per heavy atom. The quantitative estimate of drug-likeness (QED) is 0.490. The summed E-state index contributed by atoms with van der Waals surface area (Å²) in [5.74, 6) is 0. The highest BCUT2D eigenvalue weighted by atomic mass is 79.9. The van der Waals surface area contributed by atoms with Gasteiger partial charge in [-0.05, 0) is 86.5 Å². The normalized spacial score (nSPS) is 18.2. The summed E-state index contributed by atoms with van der Waals surface area (Å²) in [6.45, 7) is 7.81. The van der Waals surface area contributed by atoms with Gasteiger partial charge in [-0.3, -0.25) is 0 Å². The van der Waals surface area contributed by atoms with Crippen LogP contribution < -0.4 is 0 Å². The highest BCUT2D eigenvalue weighted by molar-refractivity contribution is 9.10. The average molecular weight is 413 g/mol. The summed E-state index contributed by atoms with van der Waals surface area (Å²) in [4.78, 5) is 18.4. The Morgan fingerprint density at radius 3 is 2.92 bits per heavy atom. The second-order valence-corrected chi connectivity index (χ2v) is 8.32. The standard InChI is InChI=1S/C19H29BrN2O3/c1-19(2,3)25-18(23)22-11-5-4-7-16(22)8-6-12-24-14-15-9-10-21-17(20)13-15/h9-10,13,16H,4-8,11-12,14H2,1-3H3. The van der Waals surface area contributed by atoms with Gasteiger partial charge in [0.2, 0.25) is 0 Å². The smallest absolute Gasteiger partial charge is 0.410 e. The molecule has 1 fully saturated rings. The monoisotopic (exact) mass is 412 g/mol. The van der Waals surface area contributed by atoms with Crippen molar-refractivity contribution in [3.8, 4) is 0 Å². The fourth-order valence-electron chi connectivity index (χ4n) is 3.01. The molecule has 0 aromatic carbocycles. The number of hydrogen-bond acceptors (Lipinski definition) is 4. The second-order valence-electron chi connectivity index (χ2n) is 7.50. The molecule has 0 N–H and O–H groups in total. The van der Waals surface area contributed by atoms with Crippen molar-refractivity contribution in [2.75, 3.05) is 13.2 Å². The van der Waals surface area contributed by atoms with Gasteiger partial charge in [0.05, 0.1) is 6.61 Å². The molecule has 2 heterocycles. The molecule has 140 valence electrons. The molecule has 1 aliphatic rings. The Hall–Kier alpha value is -1.14. The Labute approximate surface area is 159 Å². The van der Waals surface area contributed by atoms with Crippen LogP contribution in [0.3, 0.4) is 0 Å². The average Bonchev–Trinajstić information content (AvgIpc) is 2.53.